The Morgan fingerprint density at radius 1 is 1.24 bits per heavy atom. The van der Waals surface area contributed by atoms with Crippen LogP contribution in [-0.4, -0.2) is 36.2 Å². The first kappa shape index (κ1) is 14.6. The summed E-state index contributed by atoms with van der Waals surface area (Å²) in [4.78, 5) is 12.1. The molecule has 1 fully saturated rings. The van der Waals surface area contributed by atoms with Crippen molar-refractivity contribution in [2.45, 2.75) is 37.0 Å². The van der Waals surface area contributed by atoms with Crippen molar-refractivity contribution in [1.82, 2.24) is 5.32 Å². The van der Waals surface area contributed by atoms with E-state index in [9.17, 15) is 4.79 Å². The summed E-state index contributed by atoms with van der Waals surface area (Å²) < 4.78 is 11.2. The summed E-state index contributed by atoms with van der Waals surface area (Å²) in [5.41, 5.74) is 0. The van der Waals surface area contributed by atoms with E-state index in [-0.39, 0.29) is 12.5 Å². The Labute approximate surface area is 129 Å². The van der Waals surface area contributed by atoms with Gasteiger partial charge in [-0.1, -0.05) is 25.0 Å². The topological polar surface area (TPSA) is 47.6 Å². The van der Waals surface area contributed by atoms with Crippen LogP contribution in [0.2, 0.25) is 0 Å². The van der Waals surface area contributed by atoms with Crippen molar-refractivity contribution in [3.63, 3.8) is 0 Å². The monoisotopic (exact) mass is 307 g/mol. The highest BCUT2D eigenvalue weighted by Crippen LogP contribution is 2.31. The number of benzene rings is 1. The number of para-hydroxylation sites is 2. The predicted octanol–water partition coefficient (Wildman–Crippen LogP) is 2.62. The maximum Gasteiger partial charge on any atom is 0.264 e. The number of amides is 1. The zero-order valence-corrected chi connectivity index (χ0v) is 12.9. The molecular weight excluding hydrogens is 286 g/mol. The van der Waals surface area contributed by atoms with Crippen molar-refractivity contribution in [2.24, 2.45) is 0 Å². The molecule has 1 N–H and O–H groups in total. The van der Waals surface area contributed by atoms with Crippen LogP contribution in [0.3, 0.4) is 0 Å². The van der Waals surface area contributed by atoms with Crippen molar-refractivity contribution in [2.75, 3.05) is 18.9 Å². The van der Waals surface area contributed by atoms with Crippen LogP contribution in [0.5, 0.6) is 11.5 Å². The second-order valence-electron chi connectivity index (χ2n) is 5.43. The van der Waals surface area contributed by atoms with E-state index in [0.29, 0.717) is 18.0 Å². The predicted molar refractivity (Wildman–Crippen MR) is 84.1 cm³/mol. The second-order valence-corrected chi connectivity index (χ2v) is 6.84. The summed E-state index contributed by atoms with van der Waals surface area (Å²) in [5, 5.41) is 3.74. The lowest BCUT2D eigenvalue weighted by atomic mass is 10.2. The summed E-state index contributed by atoms with van der Waals surface area (Å²) in [5.74, 6) is 2.24. The van der Waals surface area contributed by atoms with E-state index < -0.39 is 6.10 Å². The van der Waals surface area contributed by atoms with Crippen LogP contribution in [0.1, 0.15) is 25.7 Å². The summed E-state index contributed by atoms with van der Waals surface area (Å²) in [6.07, 6.45) is 4.83. The molecule has 114 valence electrons. The fraction of sp³-hybridized carbons (Fsp3) is 0.562. The number of carbonyl (C=O) groups excluding carboxylic acids is 1. The van der Waals surface area contributed by atoms with Crippen LogP contribution in [0.15, 0.2) is 24.3 Å². The van der Waals surface area contributed by atoms with Gasteiger partial charge in [0.05, 0.1) is 0 Å². The number of thioether (sulfide) groups is 1. The van der Waals surface area contributed by atoms with Gasteiger partial charge >= 0.3 is 0 Å². The lowest BCUT2D eigenvalue weighted by Gasteiger charge is -2.25. The second kappa shape index (κ2) is 7.07. The Balaban J connectivity index is 1.40. The van der Waals surface area contributed by atoms with Gasteiger partial charge in [-0.15, -0.1) is 0 Å². The van der Waals surface area contributed by atoms with Gasteiger partial charge in [-0.2, -0.15) is 11.8 Å². The number of fused-ring (bicyclic) bond motifs is 1. The largest absolute Gasteiger partial charge is 0.485 e. The molecule has 0 saturated heterocycles. The molecule has 1 unspecified atom stereocenters. The molecule has 1 amide bonds. The zero-order chi connectivity index (χ0) is 14.5. The minimum Gasteiger partial charge on any atom is -0.485 e. The fourth-order valence-electron chi connectivity index (χ4n) is 2.72. The van der Waals surface area contributed by atoms with Crippen LogP contribution in [0.4, 0.5) is 0 Å². The third-order valence-corrected chi connectivity index (χ3v) is 5.24. The van der Waals surface area contributed by atoms with Gasteiger partial charge in [0, 0.05) is 17.5 Å². The average molecular weight is 307 g/mol. The van der Waals surface area contributed by atoms with Crippen LogP contribution >= 0.6 is 11.8 Å². The summed E-state index contributed by atoms with van der Waals surface area (Å²) in [6, 6.07) is 7.44. The standard InChI is InChI=1S/C16H21NO3S/c18-16(17-9-10-21-12-5-1-2-6-12)15-11-19-13-7-3-4-8-14(13)20-15/h3-4,7-8,12,15H,1-2,5-6,9-11H2,(H,17,18). The molecule has 1 aromatic rings. The molecule has 2 aliphatic rings. The number of hydrogen-bond acceptors (Lipinski definition) is 4. The van der Waals surface area contributed by atoms with E-state index in [1.54, 1.807) is 0 Å². The first-order valence-electron chi connectivity index (χ1n) is 7.61. The molecule has 5 heteroatoms. The smallest absolute Gasteiger partial charge is 0.264 e. The number of rotatable bonds is 5. The molecule has 4 nitrogen and oxygen atoms in total. The van der Waals surface area contributed by atoms with Crippen LogP contribution in [0, 0.1) is 0 Å². The zero-order valence-electron chi connectivity index (χ0n) is 12.0. The third-order valence-electron chi connectivity index (χ3n) is 3.86. The van der Waals surface area contributed by atoms with Crippen molar-refractivity contribution >= 4 is 17.7 Å². The molecule has 0 bridgehead atoms. The van der Waals surface area contributed by atoms with Crippen molar-refractivity contribution in [1.29, 1.82) is 0 Å². The Hall–Kier alpha value is -1.36. The third kappa shape index (κ3) is 3.84. The highest BCUT2D eigenvalue weighted by Gasteiger charge is 2.26. The molecular formula is C16H21NO3S. The Kier molecular flexibility index (Phi) is 4.91. The first-order valence-corrected chi connectivity index (χ1v) is 8.65. The van der Waals surface area contributed by atoms with Crippen LogP contribution in [0.25, 0.3) is 0 Å². The highest BCUT2D eigenvalue weighted by atomic mass is 32.2. The molecule has 1 saturated carbocycles. The van der Waals surface area contributed by atoms with Crippen LogP contribution in [-0.2, 0) is 4.79 Å². The molecule has 0 aromatic heterocycles. The lowest BCUT2D eigenvalue weighted by molar-refractivity contribution is -0.130. The molecule has 1 aromatic carbocycles. The fourth-order valence-corrected chi connectivity index (χ4v) is 3.94. The minimum absolute atomic E-state index is 0.0866. The van der Waals surface area contributed by atoms with Gasteiger partial charge in [-0.05, 0) is 25.0 Å². The van der Waals surface area contributed by atoms with Gasteiger partial charge < -0.3 is 14.8 Å². The Morgan fingerprint density at radius 2 is 2.00 bits per heavy atom. The van der Waals surface area contributed by atoms with Crippen LogP contribution < -0.4 is 14.8 Å². The molecule has 1 atom stereocenters. The molecule has 0 radical (unpaired) electrons. The molecule has 0 spiro atoms. The van der Waals surface area contributed by atoms with E-state index in [1.165, 1.54) is 25.7 Å². The average Bonchev–Trinajstić information content (AvgIpc) is 3.04. The normalized spacial score (nSPS) is 21.2. The summed E-state index contributed by atoms with van der Waals surface area (Å²) in [6.45, 7) is 0.972. The van der Waals surface area contributed by atoms with Gasteiger partial charge in [0.2, 0.25) is 6.10 Å². The maximum atomic E-state index is 12.1. The lowest BCUT2D eigenvalue weighted by Crippen LogP contribution is -2.44. The van der Waals surface area contributed by atoms with E-state index in [4.69, 9.17) is 9.47 Å². The van der Waals surface area contributed by atoms with E-state index in [0.717, 1.165) is 11.0 Å². The molecule has 21 heavy (non-hydrogen) atoms. The number of hydrogen-bond donors (Lipinski definition) is 1. The highest BCUT2D eigenvalue weighted by molar-refractivity contribution is 7.99. The molecule has 1 aliphatic carbocycles. The van der Waals surface area contributed by atoms with Crippen molar-refractivity contribution in [3.05, 3.63) is 24.3 Å². The minimum atomic E-state index is -0.545. The number of carbonyl (C=O) groups is 1. The summed E-state index contributed by atoms with van der Waals surface area (Å²) >= 11 is 1.97. The Morgan fingerprint density at radius 3 is 2.81 bits per heavy atom. The quantitative estimate of drug-likeness (QED) is 0.850. The Bertz CT molecular complexity index is 488. The maximum absolute atomic E-state index is 12.1. The van der Waals surface area contributed by atoms with Crippen molar-refractivity contribution in [3.8, 4) is 11.5 Å². The first-order chi connectivity index (χ1) is 10.3. The van der Waals surface area contributed by atoms with Gasteiger partial charge in [0.15, 0.2) is 11.5 Å². The van der Waals surface area contributed by atoms with Gasteiger partial charge in [-0.3, -0.25) is 4.79 Å². The number of nitrogens with one attached hydrogen (secondary N) is 1. The van der Waals surface area contributed by atoms with E-state index in [2.05, 4.69) is 5.32 Å². The van der Waals surface area contributed by atoms with Gasteiger partial charge in [0.1, 0.15) is 6.61 Å². The van der Waals surface area contributed by atoms with Gasteiger partial charge in [-0.25, -0.2) is 0 Å². The number of ether oxygens (including phenoxy) is 2. The summed E-state index contributed by atoms with van der Waals surface area (Å²) in [7, 11) is 0. The SMILES string of the molecule is O=C(NCCSC1CCCC1)C1COc2ccccc2O1. The molecule has 1 heterocycles. The van der Waals surface area contributed by atoms with Gasteiger partial charge in [0.25, 0.3) is 5.91 Å². The van der Waals surface area contributed by atoms with Crippen molar-refractivity contribution < 1.29 is 14.3 Å². The van der Waals surface area contributed by atoms with E-state index in [1.807, 2.05) is 36.0 Å². The molecule has 3 rings (SSSR count). The molecule has 1 aliphatic heterocycles. The van der Waals surface area contributed by atoms with E-state index >= 15 is 0 Å².